The minimum atomic E-state index is -0.363. The van der Waals surface area contributed by atoms with E-state index in [1.807, 2.05) is 48.5 Å². The number of anilines is 2. The fourth-order valence-corrected chi connectivity index (χ4v) is 5.07. The van der Waals surface area contributed by atoms with Crippen molar-refractivity contribution in [2.24, 2.45) is 5.73 Å². The maximum Gasteiger partial charge on any atom is 0.414 e. The van der Waals surface area contributed by atoms with Gasteiger partial charge in [0.15, 0.2) is 0 Å². The van der Waals surface area contributed by atoms with Crippen LogP contribution >= 0.6 is 11.8 Å². The van der Waals surface area contributed by atoms with Crippen molar-refractivity contribution in [3.8, 4) is 17.1 Å². The highest BCUT2D eigenvalue weighted by molar-refractivity contribution is 8.00. The third kappa shape index (κ3) is 6.22. The number of fused-ring (bicyclic) bond motifs is 1. The summed E-state index contributed by atoms with van der Waals surface area (Å²) >= 11 is 1.50. The molecule has 3 heterocycles. The molecule has 5 rings (SSSR count). The third-order valence-electron chi connectivity index (χ3n) is 6.07. The molecule has 10 heteroatoms. The highest BCUT2D eigenvalue weighted by Crippen LogP contribution is 2.35. The van der Waals surface area contributed by atoms with Crippen LogP contribution in [0.4, 0.5) is 16.2 Å². The van der Waals surface area contributed by atoms with Gasteiger partial charge in [-0.05, 0) is 48.9 Å². The lowest BCUT2D eigenvalue weighted by Gasteiger charge is -2.20. The monoisotopic (exact) mass is 519 g/mol. The van der Waals surface area contributed by atoms with Gasteiger partial charge in [0.1, 0.15) is 12.7 Å². The fraction of sp³-hybridized carbons (Fsp3) is 0.296. The highest BCUT2D eigenvalue weighted by Gasteiger charge is 2.32. The molecule has 1 saturated heterocycles. The van der Waals surface area contributed by atoms with Crippen LogP contribution in [0, 0.1) is 0 Å². The fourth-order valence-electron chi connectivity index (χ4n) is 4.28. The number of rotatable bonds is 10. The van der Waals surface area contributed by atoms with E-state index in [4.69, 9.17) is 15.2 Å². The Labute approximate surface area is 219 Å². The van der Waals surface area contributed by atoms with E-state index in [-0.39, 0.29) is 18.1 Å². The van der Waals surface area contributed by atoms with Gasteiger partial charge in [-0.1, -0.05) is 24.3 Å². The lowest BCUT2D eigenvalue weighted by molar-refractivity contribution is -0.113. The summed E-state index contributed by atoms with van der Waals surface area (Å²) in [4.78, 5) is 31.4. The number of ether oxygens (including phenoxy) is 2. The number of aromatic nitrogens is 1. The summed E-state index contributed by atoms with van der Waals surface area (Å²) in [6.07, 6.45) is 0.131. The number of nitrogens with zero attached hydrogens (tertiary/aromatic N) is 2. The Morgan fingerprint density at radius 2 is 2.05 bits per heavy atom. The van der Waals surface area contributed by atoms with Crippen LogP contribution in [0.1, 0.15) is 12.0 Å². The lowest BCUT2D eigenvalue weighted by Crippen LogP contribution is -2.26. The Balaban J connectivity index is 1.12. The van der Waals surface area contributed by atoms with Gasteiger partial charge >= 0.3 is 6.09 Å². The lowest BCUT2D eigenvalue weighted by atomic mass is 10.1. The van der Waals surface area contributed by atoms with E-state index in [0.717, 1.165) is 33.1 Å². The highest BCUT2D eigenvalue weighted by atomic mass is 32.2. The molecule has 0 bridgehead atoms. The Morgan fingerprint density at radius 1 is 1.16 bits per heavy atom. The summed E-state index contributed by atoms with van der Waals surface area (Å²) in [5.74, 6) is 0.936. The predicted octanol–water partition coefficient (Wildman–Crippen LogP) is 3.64. The smallest absolute Gasteiger partial charge is 0.414 e. The molecular formula is C27H29N5O4S. The number of carbonyl (C=O) groups excluding carboxylic acids is 2. The molecule has 37 heavy (non-hydrogen) atoms. The zero-order chi connectivity index (χ0) is 25.6. The van der Waals surface area contributed by atoms with Crippen LogP contribution in [-0.2, 0) is 16.1 Å². The maximum atomic E-state index is 12.5. The summed E-state index contributed by atoms with van der Waals surface area (Å²) in [5, 5.41) is 6.31. The van der Waals surface area contributed by atoms with E-state index >= 15 is 0 Å². The molecule has 2 aliphatic heterocycles. The first-order valence-corrected chi connectivity index (χ1v) is 13.2. The van der Waals surface area contributed by atoms with Crippen LogP contribution in [0.15, 0.2) is 65.6 Å². The largest absolute Gasteiger partial charge is 0.476 e. The second-order valence-corrected chi connectivity index (χ2v) is 9.81. The van der Waals surface area contributed by atoms with Crippen molar-refractivity contribution in [1.82, 2.24) is 10.3 Å². The van der Waals surface area contributed by atoms with Crippen molar-refractivity contribution in [2.75, 3.05) is 42.2 Å². The molecule has 0 saturated carbocycles. The van der Waals surface area contributed by atoms with Crippen LogP contribution in [0.2, 0.25) is 0 Å². The molecule has 1 atom stereocenters. The maximum absolute atomic E-state index is 12.5. The van der Waals surface area contributed by atoms with Gasteiger partial charge in [0, 0.05) is 35.3 Å². The summed E-state index contributed by atoms with van der Waals surface area (Å²) < 4.78 is 11.1. The van der Waals surface area contributed by atoms with Gasteiger partial charge in [0.2, 0.25) is 11.8 Å². The minimum absolute atomic E-state index is 0.0329. The van der Waals surface area contributed by atoms with Crippen LogP contribution in [0.5, 0.6) is 5.88 Å². The first-order valence-electron chi connectivity index (χ1n) is 12.2. The van der Waals surface area contributed by atoms with Crippen molar-refractivity contribution in [3.05, 3.63) is 66.2 Å². The van der Waals surface area contributed by atoms with Crippen LogP contribution in [0.3, 0.4) is 0 Å². The molecule has 4 N–H and O–H groups in total. The number of hydrogen-bond donors (Lipinski definition) is 3. The molecule has 1 aromatic heterocycles. The van der Waals surface area contributed by atoms with Gasteiger partial charge in [0.05, 0.1) is 23.7 Å². The van der Waals surface area contributed by atoms with Crippen molar-refractivity contribution < 1.29 is 19.1 Å². The minimum Gasteiger partial charge on any atom is -0.476 e. The topological polar surface area (TPSA) is 119 Å². The van der Waals surface area contributed by atoms with E-state index in [1.165, 1.54) is 11.8 Å². The molecule has 9 nitrogen and oxygen atoms in total. The summed E-state index contributed by atoms with van der Waals surface area (Å²) in [6, 6.07) is 19.6. The van der Waals surface area contributed by atoms with Crippen LogP contribution in [0.25, 0.3) is 11.3 Å². The number of carbonyl (C=O) groups is 2. The second kappa shape index (κ2) is 11.6. The Bertz CT molecular complexity index is 1290. The Morgan fingerprint density at radius 3 is 2.95 bits per heavy atom. The van der Waals surface area contributed by atoms with Crippen molar-refractivity contribution >= 4 is 35.1 Å². The molecule has 0 unspecified atom stereocenters. The summed E-state index contributed by atoms with van der Waals surface area (Å²) in [6.45, 7) is 2.73. The molecule has 0 aliphatic carbocycles. The number of amides is 2. The van der Waals surface area contributed by atoms with Crippen LogP contribution < -0.4 is 26.0 Å². The molecule has 2 aromatic carbocycles. The second-order valence-electron chi connectivity index (χ2n) is 8.80. The number of thioether (sulfide) groups is 1. The van der Waals surface area contributed by atoms with Gasteiger partial charge in [-0.3, -0.25) is 9.69 Å². The van der Waals surface area contributed by atoms with E-state index in [0.29, 0.717) is 50.8 Å². The van der Waals surface area contributed by atoms with Crippen molar-refractivity contribution in [1.29, 1.82) is 0 Å². The Hall–Kier alpha value is -3.60. The van der Waals surface area contributed by atoms with Gasteiger partial charge in [-0.15, -0.1) is 11.8 Å². The van der Waals surface area contributed by atoms with Gasteiger partial charge in [-0.25, -0.2) is 9.78 Å². The van der Waals surface area contributed by atoms with Gasteiger partial charge in [0.25, 0.3) is 0 Å². The van der Waals surface area contributed by atoms with E-state index < -0.39 is 0 Å². The average molecular weight is 520 g/mol. The number of nitrogens with two attached hydrogens (primary N) is 1. The van der Waals surface area contributed by atoms with Crippen LogP contribution in [-0.4, -0.2) is 55.1 Å². The predicted molar refractivity (Wildman–Crippen MR) is 144 cm³/mol. The standard InChI is InChI=1S/C27H29N5O4S/c28-10-12-35-26-6-2-5-22(31-26)19-4-1-3-18(13-19)15-29-11-9-21-16-32(27(34)36-21)20-7-8-24-23(14-20)30-25(33)17-37-24/h1-8,13-14,21,29H,9-12,15-17,28H2,(H,30,33)/t21-/m1/s1. The van der Waals surface area contributed by atoms with E-state index in [1.54, 1.807) is 4.90 Å². The average Bonchev–Trinajstić information content (AvgIpc) is 3.30. The number of hydrogen-bond acceptors (Lipinski definition) is 8. The molecule has 2 amide bonds. The quantitative estimate of drug-likeness (QED) is 0.348. The third-order valence-corrected chi connectivity index (χ3v) is 7.14. The van der Waals surface area contributed by atoms with Gasteiger partial charge < -0.3 is 25.8 Å². The van der Waals surface area contributed by atoms with Gasteiger partial charge in [-0.2, -0.15) is 0 Å². The number of pyridine rings is 1. The summed E-state index contributed by atoms with van der Waals surface area (Å²) in [5.41, 5.74) is 9.96. The number of benzene rings is 2. The molecule has 0 radical (unpaired) electrons. The zero-order valence-corrected chi connectivity index (χ0v) is 21.1. The normalized spacial score (nSPS) is 16.8. The van der Waals surface area contributed by atoms with E-state index in [9.17, 15) is 9.59 Å². The first-order chi connectivity index (χ1) is 18.1. The van der Waals surface area contributed by atoms with Crippen molar-refractivity contribution in [2.45, 2.75) is 24.0 Å². The van der Waals surface area contributed by atoms with Crippen molar-refractivity contribution in [3.63, 3.8) is 0 Å². The summed E-state index contributed by atoms with van der Waals surface area (Å²) in [7, 11) is 0. The molecule has 2 aliphatic rings. The molecular weight excluding hydrogens is 490 g/mol. The zero-order valence-electron chi connectivity index (χ0n) is 20.3. The number of cyclic esters (lactones) is 1. The molecule has 3 aromatic rings. The molecule has 192 valence electrons. The SMILES string of the molecule is NCCOc1cccc(-c2cccc(CNCC[C@@H]3CN(c4ccc5c(c4)NC(=O)CS5)C(=O)O3)c2)n1. The number of nitrogens with one attached hydrogen (secondary N) is 2. The first kappa shape index (κ1) is 25.1. The Kier molecular flexibility index (Phi) is 7.88. The molecule has 0 spiro atoms. The van der Waals surface area contributed by atoms with E-state index in [2.05, 4.69) is 27.8 Å². The molecule has 1 fully saturated rings.